The molecule has 1 atom stereocenters. The third kappa shape index (κ3) is 38.2. The van der Waals surface area contributed by atoms with Gasteiger partial charge in [-0.25, -0.2) is 0 Å². The quantitative estimate of drug-likeness (QED) is 0.0286. The van der Waals surface area contributed by atoms with Crippen molar-refractivity contribution in [3.8, 4) is 17.2 Å². The van der Waals surface area contributed by atoms with Gasteiger partial charge in [0.2, 0.25) is 53.2 Å². The maximum Gasteiger partial charge on any atom is 0.248 e. The van der Waals surface area contributed by atoms with Gasteiger partial charge in [0.1, 0.15) is 34.8 Å². The van der Waals surface area contributed by atoms with E-state index in [-0.39, 0.29) is 113 Å². The number of Topliss-reactive ketones (excluding diaryl/α,β-unsaturated/α-hetero) is 1. The second-order valence-electron chi connectivity index (χ2n) is 21.7. The van der Waals surface area contributed by atoms with Crippen molar-refractivity contribution in [2.45, 2.75) is 134 Å². The lowest BCUT2D eigenvalue weighted by atomic mass is 10.0. The van der Waals surface area contributed by atoms with Crippen LogP contribution >= 0.6 is 0 Å². The van der Waals surface area contributed by atoms with E-state index >= 15 is 0 Å². The molecule has 504 valence electrons. The van der Waals surface area contributed by atoms with E-state index in [0.717, 1.165) is 0 Å². The average Bonchev–Trinajstić information content (AvgIpc) is 3.18. The monoisotopic (exact) mass is 1280 g/mol. The predicted molar refractivity (Wildman–Crippen MR) is 338 cm³/mol. The van der Waals surface area contributed by atoms with Crippen molar-refractivity contribution in [1.29, 1.82) is 0 Å². The first kappa shape index (κ1) is 77.0. The van der Waals surface area contributed by atoms with Gasteiger partial charge in [-0.15, -0.1) is 0 Å². The maximum absolute atomic E-state index is 13.5. The van der Waals surface area contributed by atoms with Gasteiger partial charge in [-0.2, -0.15) is 0 Å². The second kappa shape index (κ2) is 46.8. The first-order chi connectivity index (χ1) is 43.8. The summed E-state index contributed by atoms with van der Waals surface area (Å²) in [6.45, 7) is 4.05. The Hall–Kier alpha value is -8.24. The summed E-state index contributed by atoms with van der Waals surface area (Å²) in [6, 6.07) is 19.4. The molecule has 27 heteroatoms. The number of carbonyl (C=O) groups excluding carboxylic acids is 10. The highest BCUT2D eigenvalue weighted by atomic mass is 16.5. The molecule has 27 nitrogen and oxygen atoms in total. The van der Waals surface area contributed by atoms with E-state index in [1.165, 1.54) is 6.92 Å². The van der Waals surface area contributed by atoms with Gasteiger partial charge in [0, 0.05) is 101 Å². The third-order valence-electron chi connectivity index (χ3n) is 13.6. The highest BCUT2D eigenvalue weighted by molar-refractivity contribution is 5.94. The molecular formula is C64H96N10O17. The number of nitrogens with two attached hydrogens (primary N) is 3. The Kier molecular flexibility index (Phi) is 39.6. The van der Waals surface area contributed by atoms with Crippen LogP contribution in [-0.4, -0.2) is 175 Å². The molecule has 0 spiro atoms. The lowest BCUT2D eigenvalue weighted by molar-refractivity contribution is -0.130. The zero-order valence-electron chi connectivity index (χ0n) is 52.6. The van der Waals surface area contributed by atoms with Crippen molar-refractivity contribution in [3.05, 3.63) is 89.5 Å². The number of benzene rings is 3. The van der Waals surface area contributed by atoms with E-state index in [4.69, 9.17) is 45.6 Å². The Balaban J connectivity index is 1.44. The summed E-state index contributed by atoms with van der Waals surface area (Å²) in [5.41, 5.74) is 15.6. The fourth-order valence-corrected chi connectivity index (χ4v) is 8.51. The van der Waals surface area contributed by atoms with Crippen LogP contribution in [0.25, 0.3) is 0 Å². The van der Waals surface area contributed by atoms with Gasteiger partial charge in [0.25, 0.3) is 0 Å². The van der Waals surface area contributed by atoms with E-state index in [9.17, 15) is 53.1 Å². The van der Waals surface area contributed by atoms with Crippen LogP contribution in [-0.2, 0) is 47.8 Å². The van der Waals surface area contributed by atoms with Gasteiger partial charge >= 0.3 is 0 Å². The van der Waals surface area contributed by atoms with E-state index in [1.807, 2.05) is 0 Å². The normalized spacial score (nSPS) is 11.4. The molecule has 91 heavy (non-hydrogen) atoms. The summed E-state index contributed by atoms with van der Waals surface area (Å²) in [5.74, 6) is -1.28. The van der Waals surface area contributed by atoms with Gasteiger partial charge in [-0.1, -0.05) is 0 Å². The summed E-state index contributed by atoms with van der Waals surface area (Å²) >= 11 is 0. The number of aliphatic hydroxyl groups excluding tert-OH is 1. The topological polar surface area (TPSA) is 409 Å². The minimum Gasteiger partial charge on any atom is -0.494 e. The van der Waals surface area contributed by atoms with Crippen LogP contribution < -0.4 is 68.6 Å². The summed E-state index contributed by atoms with van der Waals surface area (Å²) < 4.78 is 35.1. The number of amides is 9. The van der Waals surface area contributed by atoms with E-state index in [2.05, 4.69) is 37.2 Å². The van der Waals surface area contributed by atoms with E-state index < -0.39 is 35.4 Å². The number of rotatable bonds is 54. The molecular weight excluding hydrogens is 1180 g/mol. The standard InChI is InChI=1S/C64H96N10O17/c1-47(75)12-8-16-60(82)74-64(44-86-41-29-57(79)71-35-9-32-68-54(76)13-2-5-38-89-51-23-17-48(18-24-51)61(65)83,45-87-42-30-58(80)72-36-10-33-69-55(77)14-3-6-39-90-52-25-19-49(20-26-52)62(66)84)46-88-43-31-59(81)73-37-11-34-70-56(78)15-4-7-40-91-53-27-21-50(22-28-53)63(67)85/h17-28,57,71,79H,2-16,29-46H2,1H3,(H2,65,83)(H2,66,84)(H2,67,85)(H,68,76)(H,69,77)(H,70,78)(H,72,80)(H,73,81)(H,74,82). The minimum atomic E-state index is -1.35. The minimum absolute atomic E-state index is 0.000439. The predicted octanol–water partition coefficient (Wildman–Crippen LogP) is 2.52. The van der Waals surface area contributed by atoms with E-state index in [1.54, 1.807) is 72.8 Å². The molecule has 0 bridgehead atoms. The van der Waals surface area contributed by atoms with Crippen LogP contribution in [0.5, 0.6) is 17.2 Å². The van der Waals surface area contributed by atoms with Gasteiger partial charge in [-0.05, 0) is 150 Å². The fraction of sp³-hybridized carbons (Fsp3) is 0.562. The lowest BCUT2D eigenvalue weighted by Gasteiger charge is -2.34. The number of hydrogen-bond acceptors (Lipinski definition) is 18. The summed E-state index contributed by atoms with van der Waals surface area (Å²) in [4.78, 5) is 122. The summed E-state index contributed by atoms with van der Waals surface area (Å²) in [7, 11) is 0. The summed E-state index contributed by atoms with van der Waals surface area (Å²) in [5, 5.41) is 30.9. The Morgan fingerprint density at radius 2 is 0.703 bits per heavy atom. The first-order valence-electron chi connectivity index (χ1n) is 31.2. The van der Waals surface area contributed by atoms with E-state index in [0.29, 0.717) is 170 Å². The number of ether oxygens (including phenoxy) is 6. The number of ketones is 1. The molecule has 3 rings (SSSR count). The van der Waals surface area contributed by atoms with Gasteiger partial charge in [0.15, 0.2) is 0 Å². The Morgan fingerprint density at radius 3 is 1.04 bits per heavy atom. The smallest absolute Gasteiger partial charge is 0.248 e. The molecule has 0 saturated heterocycles. The number of hydrogen-bond donors (Lipinski definition) is 11. The molecule has 1 unspecified atom stereocenters. The van der Waals surface area contributed by atoms with Crippen molar-refractivity contribution < 1.29 is 81.5 Å². The van der Waals surface area contributed by atoms with Crippen LogP contribution in [0.4, 0.5) is 0 Å². The van der Waals surface area contributed by atoms with Crippen molar-refractivity contribution in [2.75, 3.05) is 98.7 Å². The molecule has 3 aromatic carbocycles. The molecule has 0 aromatic heterocycles. The fourth-order valence-electron chi connectivity index (χ4n) is 8.51. The van der Waals surface area contributed by atoms with Gasteiger partial charge in [0.05, 0.1) is 59.5 Å². The molecule has 14 N–H and O–H groups in total. The Morgan fingerprint density at radius 1 is 0.385 bits per heavy atom. The highest BCUT2D eigenvalue weighted by Crippen LogP contribution is 2.17. The largest absolute Gasteiger partial charge is 0.494 e. The molecule has 0 fully saturated rings. The summed E-state index contributed by atoms with van der Waals surface area (Å²) in [6.07, 6.45) is 5.70. The van der Waals surface area contributed by atoms with Crippen LogP contribution in [0.15, 0.2) is 72.8 Å². The number of primary amides is 3. The molecule has 0 radical (unpaired) electrons. The SMILES string of the molecule is CC(=O)CCCC(=O)NC(COCCC(=O)NCCCNC(=O)CCCCOc1ccc(C(N)=O)cc1)(COCCC(=O)NCCCNC(=O)CCCCOc1ccc(C(N)=O)cc1)COCCC(O)NCCCNC(=O)CCCCOc1ccc(C(N)=O)cc1. The molecule has 0 saturated carbocycles. The molecule has 0 aliphatic carbocycles. The zero-order valence-corrected chi connectivity index (χ0v) is 52.6. The lowest BCUT2D eigenvalue weighted by Crippen LogP contribution is -2.58. The molecule has 3 aromatic rings. The zero-order chi connectivity index (χ0) is 66.3. The first-order valence-corrected chi connectivity index (χ1v) is 31.2. The van der Waals surface area contributed by atoms with Crippen molar-refractivity contribution >= 4 is 58.9 Å². The molecule has 0 aliphatic rings. The van der Waals surface area contributed by atoms with Crippen LogP contribution in [0.2, 0.25) is 0 Å². The van der Waals surface area contributed by atoms with Crippen LogP contribution in [0, 0.1) is 0 Å². The molecule has 9 amide bonds. The number of nitrogens with one attached hydrogen (secondary N) is 7. The van der Waals surface area contributed by atoms with Crippen molar-refractivity contribution in [2.24, 2.45) is 17.2 Å². The van der Waals surface area contributed by atoms with Crippen molar-refractivity contribution in [1.82, 2.24) is 37.2 Å². The average molecular weight is 1280 g/mol. The molecule has 0 aliphatic heterocycles. The maximum atomic E-state index is 13.5. The van der Waals surface area contributed by atoms with Gasteiger partial charge < -0.3 is 87.4 Å². The Bertz CT molecular complexity index is 2560. The number of unbranched alkanes of at least 4 members (excludes halogenated alkanes) is 3. The Labute approximate surface area is 532 Å². The third-order valence-corrected chi connectivity index (χ3v) is 13.6. The van der Waals surface area contributed by atoms with Crippen molar-refractivity contribution in [3.63, 3.8) is 0 Å². The number of carbonyl (C=O) groups is 10. The van der Waals surface area contributed by atoms with Crippen LogP contribution in [0.1, 0.15) is 154 Å². The highest BCUT2D eigenvalue weighted by Gasteiger charge is 2.34. The van der Waals surface area contributed by atoms with Crippen LogP contribution in [0.3, 0.4) is 0 Å². The van der Waals surface area contributed by atoms with Gasteiger partial charge in [-0.3, -0.25) is 48.5 Å². The number of aliphatic hydroxyl groups is 1. The molecule has 0 heterocycles. The second-order valence-corrected chi connectivity index (χ2v) is 21.7.